The van der Waals surface area contributed by atoms with Gasteiger partial charge in [-0.25, -0.2) is 0 Å². The van der Waals surface area contributed by atoms with E-state index in [1.165, 1.54) is 5.56 Å². The minimum absolute atomic E-state index is 0.0467. The summed E-state index contributed by atoms with van der Waals surface area (Å²) in [4.78, 5) is 27.8. The monoisotopic (exact) mass is 313 g/mol. The van der Waals surface area contributed by atoms with Crippen LogP contribution < -0.4 is 4.90 Å². The maximum atomic E-state index is 13.6. The number of anilines is 1. The van der Waals surface area contributed by atoms with Crippen LogP contribution in [0.3, 0.4) is 0 Å². The summed E-state index contributed by atoms with van der Waals surface area (Å²) in [7, 11) is 0. The molecule has 0 spiro atoms. The molecular formula is C19H23NO3. The highest BCUT2D eigenvalue weighted by atomic mass is 16.6. The lowest BCUT2D eigenvalue weighted by Gasteiger charge is -2.39. The molecule has 1 saturated heterocycles. The van der Waals surface area contributed by atoms with Crippen molar-refractivity contribution in [3.63, 3.8) is 0 Å². The molecule has 3 aliphatic rings. The molecule has 4 heteroatoms. The summed E-state index contributed by atoms with van der Waals surface area (Å²) >= 11 is 0. The molecule has 1 aromatic carbocycles. The molecule has 23 heavy (non-hydrogen) atoms. The average molecular weight is 313 g/mol. The molecule has 122 valence electrons. The van der Waals surface area contributed by atoms with E-state index in [-0.39, 0.29) is 17.9 Å². The SMILES string of the molecule is C[C@@H]1Cc2ccccc2N1C(=O)[C@]12CC[C@](C)(C(=O)O1)C2(C)C. The summed E-state index contributed by atoms with van der Waals surface area (Å²) in [6, 6.07) is 8.12. The molecule has 1 aliphatic carbocycles. The number of esters is 1. The van der Waals surface area contributed by atoms with Crippen LogP contribution in [0.5, 0.6) is 0 Å². The van der Waals surface area contributed by atoms with E-state index in [4.69, 9.17) is 4.74 Å². The van der Waals surface area contributed by atoms with Crippen molar-refractivity contribution in [1.29, 1.82) is 0 Å². The summed E-state index contributed by atoms with van der Waals surface area (Å²) < 4.78 is 5.77. The van der Waals surface area contributed by atoms with Crippen molar-refractivity contribution in [1.82, 2.24) is 0 Å². The Morgan fingerprint density at radius 3 is 2.52 bits per heavy atom. The number of hydrogen-bond acceptors (Lipinski definition) is 3. The van der Waals surface area contributed by atoms with Gasteiger partial charge in [0.1, 0.15) is 0 Å². The molecule has 1 saturated carbocycles. The van der Waals surface area contributed by atoms with E-state index in [2.05, 4.69) is 13.0 Å². The molecule has 2 fully saturated rings. The maximum Gasteiger partial charge on any atom is 0.313 e. The highest BCUT2D eigenvalue weighted by molar-refractivity contribution is 6.06. The fraction of sp³-hybridized carbons (Fsp3) is 0.579. The third-order valence-corrected chi connectivity index (χ3v) is 6.86. The molecule has 3 atom stereocenters. The van der Waals surface area contributed by atoms with Crippen molar-refractivity contribution in [2.24, 2.45) is 10.8 Å². The van der Waals surface area contributed by atoms with Crippen LogP contribution in [0.4, 0.5) is 5.69 Å². The number of nitrogens with zero attached hydrogens (tertiary/aromatic N) is 1. The van der Waals surface area contributed by atoms with Crippen molar-refractivity contribution >= 4 is 17.6 Å². The Balaban J connectivity index is 1.80. The highest BCUT2D eigenvalue weighted by Gasteiger charge is 2.76. The first-order valence-electron chi connectivity index (χ1n) is 8.40. The number of ether oxygens (including phenoxy) is 1. The Morgan fingerprint density at radius 1 is 1.22 bits per heavy atom. The number of rotatable bonds is 1. The normalized spacial score (nSPS) is 37.0. The van der Waals surface area contributed by atoms with Gasteiger partial charge in [-0.15, -0.1) is 0 Å². The molecule has 1 aromatic rings. The number of fused-ring (bicyclic) bond motifs is 3. The number of amides is 1. The van der Waals surface area contributed by atoms with Gasteiger partial charge in [0.05, 0.1) is 5.41 Å². The molecule has 4 rings (SSSR count). The lowest BCUT2D eigenvalue weighted by Crippen LogP contribution is -2.56. The van der Waals surface area contributed by atoms with Crippen molar-refractivity contribution < 1.29 is 14.3 Å². The molecule has 0 unspecified atom stereocenters. The van der Waals surface area contributed by atoms with Gasteiger partial charge in [-0.3, -0.25) is 9.59 Å². The Labute approximate surface area is 136 Å². The van der Waals surface area contributed by atoms with Crippen LogP contribution >= 0.6 is 0 Å². The van der Waals surface area contributed by atoms with Crippen LogP contribution in [0.25, 0.3) is 0 Å². The van der Waals surface area contributed by atoms with Gasteiger partial charge < -0.3 is 9.64 Å². The van der Waals surface area contributed by atoms with Crippen molar-refractivity contribution in [2.75, 3.05) is 4.90 Å². The highest BCUT2D eigenvalue weighted by Crippen LogP contribution is 2.66. The second-order valence-electron chi connectivity index (χ2n) is 8.03. The minimum Gasteiger partial charge on any atom is -0.448 e. The summed E-state index contributed by atoms with van der Waals surface area (Å²) in [5.74, 6) is -0.267. The average Bonchev–Trinajstić information content (AvgIpc) is 2.99. The number of para-hydroxylation sites is 1. The Kier molecular flexibility index (Phi) is 2.67. The first-order valence-corrected chi connectivity index (χ1v) is 8.40. The first kappa shape index (κ1) is 14.7. The van der Waals surface area contributed by atoms with E-state index in [9.17, 15) is 9.59 Å². The van der Waals surface area contributed by atoms with Gasteiger partial charge in [0, 0.05) is 17.1 Å². The van der Waals surface area contributed by atoms with E-state index in [0.29, 0.717) is 12.8 Å². The molecule has 0 aromatic heterocycles. The molecule has 2 heterocycles. The molecular weight excluding hydrogens is 290 g/mol. The summed E-state index contributed by atoms with van der Waals surface area (Å²) in [6.45, 7) is 8.02. The number of carbonyl (C=O) groups excluding carboxylic acids is 2. The van der Waals surface area contributed by atoms with Crippen molar-refractivity contribution in [3.8, 4) is 0 Å². The van der Waals surface area contributed by atoms with Gasteiger partial charge in [0.2, 0.25) is 0 Å². The van der Waals surface area contributed by atoms with Gasteiger partial charge >= 0.3 is 5.97 Å². The van der Waals surface area contributed by atoms with E-state index in [1.54, 1.807) is 0 Å². The van der Waals surface area contributed by atoms with Gasteiger partial charge in [-0.05, 0) is 44.7 Å². The smallest absolute Gasteiger partial charge is 0.313 e. The van der Waals surface area contributed by atoms with Crippen LogP contribution in [0.1, 0.15) is 46.1 Å². The Bertz CT molecular complexity index is 725. The molecule has 2 bridgehead atoms. The van der Waals surface area contributed by atoms with Crippen LogP contribution in [-0.4, -0.2) is 23.5 Å². The molecule has 4 nitrogen and oxygen atoms in total. The van der Waals surface area contributed by atoms with E-state index >= 15 is 0 Å². The predicted molar refractivity (Wildman–Crippen MR) is 87.0 cm³/mol. The van der Waals surface area contributed by atoms with E-state index in [1.807, 2.05) is 43.9 Å². The minimum atomic E-state index is -1.02. The van der Waals surface area contributed by atoms with Crippen molar-refractivity contribution in [3.05, 3.63) is 29.8 Å². The molecule has 0 N–H and O–H groups in total. The zero-order valence-corrected chi connectivity index (χ0v) is 14.2. The van der Waals surface area contributed by atoms with E-state index < -0.39 is 16.4 Å². The third kappa shape index (κ3) is 1.47. The van der Waals surface area contributed by atoms with Crippen LogP contribution in [0, 0.1) is 10.8 Å². The summed E-state index contributed by atoms with van der Waals surface area (Å²) in [5.41, 5.74) is 0.0700. The molecule has 0 radical (unpaired) electrons. The molecule has 2 aliphatic heterocycles. The van der Waals surface area contributed by atoms with E-state index in [0.717, 1.165) is 12.1 Å². The second kappa shape index (κ2) is 4.16. The Morgan fingerprint density at radius 2 is 1.91 bits per heavy atom. The predicted octanol–water partition coefficient (Wildman–Crippen LogP) is 3.09. The summed E-state index contributed by atoms with van der Waals surface area (Å²) in [5, 5.41) is 0. The van der Waals surface area contributed by atoms with Gasteiger partial charge in [0.25, 0.3) is 5.91 Å². The first-order chi connectivity index (χ1) is 10.7. The van der Waals surface area contributed by atoms with Gasteiger partial charge in [-0.1, -0.05) is 32.0 Å². The standard InChI is InChI=1S/C19H23NO3/c1-12-11-13-7-5-6-8-14(13)20(12)15(21)19-10-9-18(4,16(22)23-19)17(19,2)3/h5-8,12H,9-11H2,1-4H3/t12-,18-,19+/m1/s1. The fourth-order valence-corrected chi connectivity index (χ4v) is 4.79. The van der Waals surface area contributed by atoms with Gasteiger partial charge in [0.15, 0.2) is 5.60 Å². The quantitative estimate of drug-likeness (QED) is 0.749. The number of carbonyl (C=O) groups is 2. The third-order valence-electron chi connectivity index (χ3n) is 6.86. The zero-order chi connectivity index (χ0) is 16.6. The zero-order valence-electron chi connectivity index (χ0n) is 14.2. The molecule has 1 amide bonds. The number of benzene rings is 1. The number of hydrogen-bond donors (Lipinski definition) is 0. The fourth-order valence-electron chi connectivity index (χ4n) is 4.79. The topological polar surface area (TPSA) is 46.6 Å². The second-order valence-corrected chi connectivity index (χ2v) is 8.03. The van der Waals surface area contributed by atoms with Gasteiger partial charge in [-0.2, -0.15) is 0 Å². The lowest BCUT2D eigenvalue weighted by atomic mass is 9.66. The largest absolute Gasteiger partial charge is 0.448 e. The van der Waals surface area contributed by atoms with Crippen LogP contribution in [-0.2, 0) is 20.7 Å². The van der Waals surface area contributed by atoms with Crippen molar-refractivity contribution in [2.45, 2.75) is 58.6 Å². The lowest BCUT2D eigenvalue weighted by molar-refractivity contribution is -0.167. The van der Waals surface area contributed by atoms with Crippen LogP contribution in [0.2, 0.25) is 0 Å². The Hall–Kier alpha value is -1.84. The summed E-state index contributed by atoms with van der Waals surface area (Å²) in [6.07, 6.45) is 2.19. The van der Waals surface area contributed by atoms with Crippen LogP contribution in [0.15, 0.2) is 24.3 Å². The maximum absolute atomic E-state index is 13.6.